The van der Waals surface area contributed by atoms with E-state index in [0.29, 0.717) is 38.3 Å². The highest BCUT2D eigenvalue weighted by atomic mass is 19.2. The van der Waals surface area contributed by atoms with E-state index in [9.17, 15) is 13.6 Å². The van der Waals surface area contributed by atoms with E-state index in [0.717, 1.165) is 11.6 Å². The van der Waals surface area contributed by atoms with Crippen molar-refractivity contribution in [2.24, 2.45) is 0 Å². The average molecular weight is 334 g/mol. The summed E-state index contributed by atoms with van der Waals surface area (Å²) in [7, 11) is 0. The third kappa shape index (κ3) is 3.79. The Balaban J connectivity index is 1.52. The normalized spacial score (nSPS) is 15.7. The first-order valence-corrected chi connectivity index (χ1v) is 7.95. The molecule has 1 amide bonds. The van der Waals surface area contributed by atoms with Crippen molar-refractivity contribution in [3.63, 3.8) is 0 Å². The maximum absolute atomic E-state index is 13.7. The van der Waals surface area contributed by atoms with Gasteiger partial charge < -0.3 is 4.90 Å². The Labute approximate surface area is 139 Å². The molecule has 2 heterocycles. The van der Waals surface area contributed by atoms with Gasteiger partial charge in [0.15, 0.2) is 11.6 Å². The second-order valence-electron chi connectivity index (χ2n) is 6.09. The Morgan fingerprint density at radius 2 is 1.96 bits per heavy atom. The van der Waals surface area contributed by atoms with Crippen LogP contribution in [0.1, 0.15) is 11.1 Å². The molecule has 1 aromatic carbocycles. The number of hydrogen-bond acceptors (Lipinski definition) is 3. The Kier molecular flexibility index (Phi) is 4.89. The van der Waals surface area contributed by atoms with E-state index in [-0.39, 0.29) is 12.5 Å². The quantitative estimate of drug-likeness (QED) is 0.856. The average Bonchev–Trinajstić information content (AvgIpc) is 2.97. The van der Waals surface area contributed by atoms with Crippen LogP contribution in [0.2, 0.25) is 0 Å². The zero-order valence-electron chi connectivity index (χ0n) is 13.6. The molecule has 7 heteroatoms. The summed E-state index contributed by atoms with van der Waals surface area (Å²) in [6.07, 6.45) is 3.56. The number of piperazine rings is 1. The fourth-order valence-corrected chi connectivity index (χ4v) is 2.86. The van der Waals surface area contributed by atoms with Gasteiger partial charge >= 0.3 is 0 Å². The summed E-state index contributed by atoms with van der Waals surface area (Å²) in [5, 5.41) is 4.12. The fraction of sp³-hybridized carbons (Fsp3) is 0.412. The Morgan fingerprint density at radius 1 is 1.21 bits per heavy atom. The van der Waals surface area contributed by atoms with Crippen molar-refractivity contribution in [3.05, 3.63) is 53.4 Å². The topological polar surface area (TPSA) is 41.4 Å². The Bertz CT molecular complexity index is 723. The second kappa shape index (κ2) is 7.09. The molecular weight excluding hydrogens is 314 g/mol. The van der Waals surface area contributed by atoms with Crippen LogP contribution in [0.5, 0.6) is 0 Å². The second-order valence-corrected chi connectivity index (χ2v) is 6.09. The van der Waals surface area contributed by atoms with Gasteiger partial charge in [-0.1, -0.05) is 12.1 Å². The van der Waals surface area contributed by atoms with Gasteiger partial charge in [0.05, 0.1) is 6.20 Å². The lowest BCUT2D eigenvalue weighted by molar-refractivity contribution is -0.133. The molecule has 0 unspecified atom stereocenters. The molecule has 5 nitrogen and oxygen atoms in total. The molecule has 0 saturated carbocycles. The van der Waals surface area contributed by atoms with Gasteiger partial charge in [-0.05, 0) is 18.6 Å². The van der Waals surface area contributed by atoms with Gasteiger partial charge in [-0.2, -0.15) is 5.10 Å². The SMILES string of the molecule is Cc1cnn(CC(=O)N2CCN(Cc3cccc(F)c3F)CC2)c1. The summed E-state index contributed by atoms with van der Waals surface area (Å²) < 4.78 is 28.6. The van der Waals surface area contributed by atoms with Gasteiger partial charge in [-0.3, -0.25) is 14.4 Å². The van der Waals surface area contributed by atoms with Crippen molar-refractivity contribution in [1.82, 2.24) is 19.6 Å². The third-order valence-electron chi connectivity index (χ3n) is 4.21. The molecule has 2 aromatic rings. The van der Waals surface area contributed by atoms with Crippen LogP contribution in [-0.4, -0.2) is 51.7 Å². The van der Waals surface area contributed by atoms with Crippen LogP contribution in [0.4, 0.5) is 8.78 Å². The molecule has 3 rings (SSSR count). The summed E-state index contributed by atoms with van der Waals surface area (Å²) in [5.74, 6) is -1.59. The van der Waals surface area contributed by atoms with Crippen molar-refractivity contribution in [3.8, 4) is 0 Å². The van der Waals surface area contributed by atoms with E-state index in [1.54, 1.807) is 21.8 Å². The van der Waals surface area contributed by atoms with Crippen LogP contribution in [0.25, 0.3) is 0 Å². The summed E-state index contributed by atoms with van der Waals surface area (Å²) in [5.41, 5.74) is 1.37. The lowest BCUT2D eigenvalue weighted by atomic mass is 10.1. The molecule has 0 atom stereocenters. The van der Waals surface area contributed by atoms with Crippen LogP contribution in [0, 0.1) is 18.6 Å². The molecular formula is C17H20F2N4O. The summed E-state index contributed by atoms with van der Waals surface area (Å²) in [6.45, 7) is 4.94. The predicted molar refractivity (Wildman–Crippen MR) is 85.2 cm³/mol. The highest BCUT2D eigenvalue weighted by Crippen LogP contribution is 2.15. The molecule has 0 aliphatic carbocycles. The number of benzene rings is 1. The predicted octanol–water partition coefficient (Wildman–Crippen LogP) is 1.81. The zero-order chi connectivity index (χ0) is 17.1. The van der Waals surface area contributed by atoms with Crippen molar-refractivity contribution in [2.75, 3.05) is 26.2 Å². The van der Waals surface area contributed by atoms with E-state index in [4.69, 9.17) is 0 Å². The molecule has 24 heavy (non-hydrogen) atoms. The van der Waals surface area contributed by atoms with Crippen LogP contribution >= 0.6 is 0 Å². The number of nitrogens with zero attached hydrogens (tertiary/aromatic N) is 4. The zero-order valence-corrected chi connectivity index (χ0v) is 13.6. The van der Waals surface area contributed by atoms with Gasteiger partial charge in [0.25, 0.3) is 0 Å². The van der Waals surface area contributed by atoms with Crippen LogP contribution in [0.3, 0.4) is 0 Å². The largest absolute Gasteiger partial charge is 0.339 e. The number of halogens is 2. The maximum atomic E-state index is 13.7. The molecule has 0 bridgehead atoms. The van der Waals surface area contributed by atoms with Gasteiger partial charge in [0, 0.05) is 44.5 Å². The smallest absolute Gasteiger partial charge is 0.244 e. The maximum Gasteiger partial charge on any atom is 0.244 e. The minimum absolute atomic E-state index is 0.0229. The first-order valence-electron chi connectivity index (χ1n) is 7.95. The molecule has 0 N–H and O–H groups in total. The third-order valence-corrected chi connectivity index (χ3v) is 4.21. The van der Waals surface area contributed by atoms with Crippen molar-refractivity contribution in [1.29, 1.82) is 0 Å². The van der Waals surface area contributed by atoms with E-state index >= 15 is 0 Å². The Morgan fingerprint density at radius 3 is 2.62 bits per heavy atom. The van der Waals surface area contributed by atoms with Crippen molar-refractivity contribution < 1.29 is 13.6 Å². The molecule has 1 saturated heterocycles. The summed E-state index contributed by atoms with van der Waals surface area (Å²) >= 11 is 0. The number of hydrogen-bond donors (Lipinski definition) is 0. The van der Waals surface area contributed by atoms with Crippen LogP contribution < -0.4 is 0 Å². The molecule has 1 aliphatic rings. The first-order chi connectivity index (χ1) is 11.5. The minimum Gasteiger partial charge on any atom is -0.339 e. The van der Waals surface area contributed by atoms with E-state index in [1.165, 1.54) is 6.07 Å². The molecule has 1 aromatic heterocycles. The van der Waals surface area contributed by atoms with Gasteiger partial charge in [0.2, 0.25) is 5.91 Å². The number of amides is 1. The van der Waals surface area contributed by atoms with Crippen LogP contribution in [-0.2, 0) is 17.9 Å². The Hall–Kier alpha value is -2.28. The summed E-state index contributed by atoms with van der Waals surface area (Å²) in [4.78, 5) is 16.1. The van der Waals surface area contributed by atoms with E-state index in [2.05, 4.69) is 5.10 Å². The number of carbonyl (C=O) groups excluding carboxylic acids is 1. The van der Waals surface area contributed by atoms with Crippen LogP contribution in [0.15, 0.2) is 30.6 Å². The minimum atomic E-state index is -0.823. The fourth-order valence-electron chi connectivity index (χ4n) is 2.86. The highest BCUT2D eigenvalue weighted by molar-refractivity contribution is 5.76. The highest BCUT2D eigenvalue weighted by Gasteiger charge is 2.22. The lowest BCUT2D eigenvalue weighted by Gasteiger charge is -2.34. The number of aryl methyl sites for hydroxylation is 1. The van der Waals surface area contributed by atoms with Gasteiger partial charge in [-0.25, -0.2) is 8.78 Å². The molecule has 1 fully saturated rings. The standard InChI is InChI=1S/C17H20F2N4O/c1-13-9-20-23(10-13)12-16(24)22-7-5-21(6-8-22)11-14-3-2-4-15(18)17(14)19/h2-4,9-10H,5-8,11-12H2,1H3. The van der Waals surface area contributed by atoms with Crippen molar-refractivity contribution >= 4 is 5.91 Å². The summed E-state index contributed by atoms with van der Waals surface area (Å²) in [6, 6.07) is 4.22. The van der Waals surface area contributed by atoms with Gasteiger partial charge in [0.1, 0.15) is 6.54 Å². The number of rotatable bonds is 4. The first kappa shape index (κ1) is 16.6. The lowest BCUT2D eigenvalue weighted by Crippen LogP contribution is -2.49. The van der Waals surface area contributed by atoms with Crippen molar-refractivity contribution in [2.45, 2.75) is 20.0 Å². The molecule has 128 valence electrons. The number of aromatic nitrogens is 2. The molecule has 1 aliphatic heterocycles. The van der Waals surface area contributed by atoms with E-state index < -0.39 is 11.6 Å². The number of carbonyl (C=O) groups is 1. The van der Waals surface area contributed by atoms with E-state index in [1.807, 2.05) is 18.0 Å². The van der Waals surface area contributed by atoms with Gasteiger partial charge in [-0.15, -0.1) is 0 Å². The monoisotopic (exact) mass is 334 g/mol. The molecule has 0 radical (unpaired) electrons. The molecule has 0 spiro atoms.